The van der Waals surface area contributed by atoms with Crippen LogP contribution in [0.3, 0.4) is 0 Å². The van der Waals surface area contributed by atoms with Crippen LogP contribution in [0.25, 0.3) is 0 Å². The van der Waals surface area contributed by atoms with E-state index in [1.165, 1.54) is 16.7 Å². The van der Waals surface area contributed by atoms with Crippen molar-refractivity contribution in [2.45, 2.75) is 39.7 Å². The minimum atomic E-state index is -0.797. The molecule has 22 heavy (non-hydrogen) atoms. The highest BCUT2D eigenvalue weighted by Gasteiger charge is 2.17. The summed E-state index contributed by atoms with van der Waals surface area (Å²) >= 11 is 0. The van der Waals surface area contributed by atoms with Crippen molar-refractivity contribution < 1.29 is 14.6 Å². The van der Waals surface area contributed by atoms with E-state index in [4.69, 9.17) is 4.74 Å². The number of hydrogen-bond acceptors (Lipinski definition) is 2. The van der Waals surface area contributed by atoms with E-state index in [1.54, 1.807) is 0 Å². The lowest BCUT2D eigenvalue weighted by Crippen LogP contribution is -2.10. The molecule has 0 fully saturated rings. The lowest BCUT2D eigenvalue weighted by molar-refractivity contribution is -0.138. The molecule has 2 aromatic carbocycles. The lowest BCUT2D eigenvalue weighted by Gasteiger charge is -2.14. The Kier molecular flexibility index (Phi) is 5.21. The van der Waals surface area contributed by atoms with Gasteiger partial charge in [0, 0.05) is 0 Å². The standard InChI is InChI=1S/C19H22O3/c1-4-17(19(20)21)15-9-6-10-16(11-15)22-12-18-13(2)7-5-8-14(18)3/h5-11,17H,4,12H2,1-3H3,(H,20,21)/t17-/m1/s1. The number of aliphatic carboxylic acids is 1. The molecule has 0 saturated heterocycles. The summed E-state index contributed by atoms with van der Waals surface area (Å²) in [6.07, 6.45) is 0.565. The highest BCUT2D eigenvalue weighted by molar-refractivity contribution is 5.76. The minimum Gasteiger partial charge on any atom is -0.489 e. The molecule has 0 saturated carbocycles. The maximum absolute atomic E-state index is 11.3. The van der Waals surface area contributed by atoms with Crippen molar-refractivity contribution >= 4 is 5.97 Å². The molecular weight excluding hydrogens is 276 g/mol. The van der Waals surface area contributed by atoms with Gasteiger partial charge in [-0.25, -0.2) is 0 Å². The van der Waals surface area contributed by atoms with Crippen LogP contribution in [0.4, 0.5) is 0 Å². The number of carboxylic acids is 1. The van der Waals surface area contributed by atoms with Crippen LogP contribution in [0.5, 0.6) is 5.75 Å². The van der Waals surface area contributed by atoms with Crippen molar-refractivity contribution in [3.63, 3.8) is 0 Å². The lowest BCUT2D eigenvalue weighted by atomic mass is 9.96. The third-order valence-electron chi connectivity index (χ3n) is 3.99. The van der Waals surface area contributed by atoms with E-state index < -0.39 is 11.9 Å². The smallest absolute Gasteiger partial charge is 0.310 e. The van der Waals surface area contributed by atoms with Crippen molar-refractivity contribution in [1.29, 1.82) is 0 Å². The van der Waals surface area contributed by atoms with Crippen molar-refractivity contribution in [3.8, 4) is 5.75 Å². The van der Waals surface area contributed by atoms with E-state index in [0.717, 1.165) is 5.56 Å². The highest BCUT2D eigenvalue weighted by Crippen LogP contribution is 2.25. The molecule has 3 heteroatoms. The summed E-state index contributed by atoms with van der Waals surface area (Å²) in [4.78, 5) is 11.3. The number of benzene rings is 2. The first-order valence-electron chi connectivity index (χ1n) is 7.53. The van der Waals surface area contributed by atoms with E-state index >= 15 is 0 Å². The minimum absolute atomic E-state index is 0.483. The summed E-state index contributed by atoms with van der Waals surface area (Å²) in [5.74, 6) is -0.571. The van der Waals surface area contributed by atoms with Gasteiger partial charge in [-0.15, -0.1) is 0 Å². The summed E-state index contributed by atoms with van der Waals surface area (Å²) in [6, 6.07) is 13.6. The van der Waals surface area contributed by atoms with Crippen LogP contribution < -0.4 is 4.74 Å². The first-order chi connectivity index (χ1) is 10.5. The van der Waals surface area contributed by atoms with Gasteiger partial charge in [-0.3, -0.25) is 4.79 Å². The van der Waals surface area contributed by atoms with Gasteiger partial charge >= 0.3 is 5.97 Å². The molecule has 0 amide bonds. The number of rotatable bonds is 6. The Hall–Kier alpha value is -2.29. The molecule has 2 aromatic rings. The van der Waals surface area contributed by atoms with Gasteiger partial charge < -0.3 is 9.84 Å². The van der Waals surface area contributed by atoms with Gasteiger partial charge in [0.25, 0.3) is 0 Å². The third kappa shape index (κ3) is 3.67. The Bertz CT molecular complexity index is 641. The van der Waals surface area contributed by atoms with Crippen molar-refractivity contribution in [2.75, 3.05) is 0 Å². The molecule has 0 aliphatic heterocycles. The Morgan fingerprint density at radius 1 is 1.14 bits per heavy atom. The highest BCUT2D eigenvalue weighted by atomic mass is 16.5. The monoisotopic (exact) mass is 298 g/mol. The van der Waals surface area contributed by atoms with Crippen molar-refractivity contribution in [3.05, 3.63) is 64.7 Å². The topological polar surface area (TPSA) is 46.5 Å². The quantitative estimate of drug-likeness (QED) is 0.856. The molecular formula is C19H22O3. The van der Waals surface area contributed by atoms with Crippen LogP contribution in [0.2, 0.25) is 0 Å². The second kappa shape index (κ2) is 7.12. The fourth-order valence-corrected chi connectivity index (χ4v) is 2.61. The largest absolute Gasteiger partial charge is 0.489 e. The van der Waals surface area contributed by atoms with Crippen LogP contribution in [-0.2, 0) is 11.4 Å². The zero-order valence-corrected chi connectivity index (χ0v) is 13.3. The van der Waals surface area contributed by atoms with Gasteiger partial charge in [0.2, 0.25) is 0 Å². The zero-order chi connectivity index (χ0) is 16.1. The molecule has 1 atom stereocenters. The van der Waals surface area contributed by atoms with Crippen LogP contribution in [0.15, 0.2) is 42.5 Å². The molecule has 0 heterocycles. The molecule has 0 radical (unpaired) electrons. The van der Waals surface area contributed by atoms with E-state index in [-0.39, 0.29) is 0 Å². The molecule has 0 unspecified atom stereocenters. The summed E-state index contributed by atoms with van der Waals surface area (Å²) in [5.41, 5.74) is 4.37. The average Bonchev–Trinajstić information content (AvgIpc) is 2.47. The summed E-state index contributed by atoms with van der Waals surface area (Å²) in [7, 11) is 0. The predicted octanol–water partition coefficient (Wildman–Crippen LogP) is 4.46. The van der Waals surface area contributed by atoms with Gasteiger partial charge in [-0.1, -0.05) is 37.3 Å². The van der Waals surface area contributed by atoms with E-state index in [1.807, 2.05) is 37.3 Å². The predicted molar refractivity (Wildman–Crippen MR) is 87.4 cm³/mol. The average molecular weight is 298 g/mol. The van der Waals surface area contributed by atoms with Crippen LogP contribution in [0.1, 0.15) is 41.5 Å². The number of ether oxygens (including phenoxy) is 1. The zero-order valence-electron chi connectivity index (χ0n) is 13.3. The number of carbonyl (C=O) groups is 1. The second-order valence-corrected chi connectivity index (χ2v) is 5.53. The van der Waals surface area contributed by atoms with E-state index in [9.17, 15) is 9.90 Å². The van der Waals surface area contributed by atoms with Crippen molar-refractivity contribution in [2.24, 2.45) is 0 Å². The van der Waals surface area contributed by atoms with Gasteiger partial charge in [0.1, 0.15) is 12.4 Å². The summed E-state index contributed by atoms with van der Waals surface area (Å²) in [5, 5.41) is 9.26. The first-order valence-corrected chi connectivity index (χ1v) is 7.53. The van der Waals surface area contributed by atoms with Crippen LogP contribution >= 0.6 is 0 Å². The first kappa shape index (κ1) is 16.1. The number of carboxylic acid groups (broad SMARTS) is 1. The van der Waals surface area contributed by atoms with Gasteiger partial charge in [0.15, 0.2) is 0 Å². The normalized spacial score (nSPS) is 12.0. The maximum atomic E-state index is 11.3. The van der Waals surface area contributed by atoms with Gasteiger partial charge in [-0.05, 0) is 54.7 Å². The Labute approximate surface area is 131 Å². The Balaban J connectivity index is 2.16. The van der Waals surface area contributed by atoms with E-state index in [0.29, 0.717) is 18.8 Å². The molecule has 3 nitrogen and oxygen atoms in total. The van der Waals surface area contributed by atoms with Gasteiger partial charge in [0.05, 0.1) is 5.92 Å². The van der Waals surface area contributed by atoms with E-state index in [2.05, 4.69) is 26.0 Å². The Morgan fingerprint density at radius 2 is 1.77 bits per heavy atom. The fourth-order valence-electron chi connectivity index (χ4n) is 2.61. The molecule has 0 aliphatic carbocycles. The molecule has 0 bridgehead atoms. The van der Waals surface area contributed by atoms with Crippen LogP contribution in [-0.4, -0.2) is 11.1 Å². The molecule has 0 aliphatic rings. The molecule has 116 valence electrons. The van der Waals surface area contributed by atoms with Crippen LogP contribution in [0, 0.1) is 13.8 Å². The summed E-state index contributed by atoms with van der Waals surface area (Å²) < 4.78 is 5.88. The molecule has 0 aromatic heterocycles. The maximum Gasteiger partial charge on any atom is 0.310 e. The Morgan fingerprint density at radius 3 is 2.36 bits per heavy atom. The molecule has 0 spiro atoms. The van der Waals surface area contributed by atoms with Crippen molar-refractivity contribution in [1.82, 2.24) is 0 Å². The second-order valence-electron chi connectivity index (χ2n) is 5.53. The number of hydrogen-bond donors (Lipinski definition) is 1. The molecule has 1 N–H and O–H groups in total. The summed E-state index contributed by atoms with van der Waals surface area (Å²) in [6.45, 7) is 6.51. The third-order valence-corrected chi connectivity index (χ3v) is 3.99. The van der Waals surface area contributed by atoms with Gasteiger partial charge in [-0.2, -0.15) is 0 Å². The number of aryl methyl sites for hydroxylation is 2. The molecule has 2 rings (SSSR count). The SMILES string of the molecule is CC[C@@H](C(=O)O)c1cccc(OCc2c(C)cccc2C)c1. The fraction of sp³-hybridized carbons (Fsp3) is 0.316.